The predicted octanol–water partition coefficient (Wildman–Crippen LogP) is 4.59. The minimum atomic E-state index is -3.71. The number of amides is 1. The van der Waals surface area contributed by atoms with E-state index in [-0.39, 0.29) is 0 Å². The van der Waals surface area contributed by atoms with Gasteiger partial charge in [-0.3, -0.25) is 9.10 Å². The molecule has 1 amide bonds. The minimum absolute atomic E-state index is 0.314. The summed E-state index contributed by atoms with van der Waals surface area (Å²) in [7, 11) is -3.71. The number of rotatable bonds is 7. The average Bonchev–Trinajstić information content (AvgIpc) is 3.00. The summed E-state index contributed by atoms with van der Waals surface area (Å²) < 4.78 is 27.7. The zero-order valence-corrected chi connectivity index (χ0v) is 21.8. The Kier molecular flexibility index (Phi) is 7.53. The summed E-state index contributed by atoms with van der Waals surface area (Å²) in [5, 5.41) is 4.48. The van der Waals surface area contributed by atoms with Crippen molar-refractivity contribution >= 4 is 39.4 Å². The first-order valence-electron chi connectivity index (χ1n) is 10.7. The van der Waals surface area contributed by atoms with Gasteiger partial charge in [0.05, 0.1) is 18.2 Å². The lowest BCUT2D eigenvalue weighted by Gasteiger charge is -2.21. The monoisotopic (exact) mass is 500 g/mol. The van der Waals surface area contributed by atoms with Crippen molar-refractivity contribution in [2.75, 3.05) is 17.1 Å². The van der Waals surface area contributed by atoms with Gasteiger partial charge in [0.15, 0.2) is 0 Å². The van der Waals surface area contributed by atoms with Crippen LogP contribution >= 0.6 is 11.6 Å². The van der Waals surface area contributed by atoms with Crippen LogP contribution < -0.4 is 9.73 Å². The van der Waals surface area contributed by atoms with Crippen LogP contribution in [0.15, 0.2) is 47.6 Å². The third-order valence-corrected chi connectivity index (χ3v) is 7.01. The summed E-state index contributed by atoms with van der Waals surface area (Å²) in [4.78, 5) is 12.5. The van der Waals surface area contributed by atoms with Crippen molar-refractivity contribution in [3.63, 3.8) is 0 Å². The van der Waals surface area contributed by atoms with Crippen molar-refractivity contribution in [1.82, 2.24) is 9.99 Å². The second-order valence-electron chi connectivity index (χ2n) is 8.50. The van der Waals surface area contributed by atoms with Crippen molar-refractivity contribution in [1.29, 1.82) is 0 Å². The number of aromatic nitrogens is 1. The number of hydrogen-bond acceptors (Lipinski definition) is 4. The molecule has 0 saturated carbocycles. The van der Waals surface area contributed by atoms with Gasteiger partial charge in [0.25, 0.3) is 5.91 Å². The molecule has 0 aliphatic heterocycles. The summed E-state index contributed by atoms with van der Waals surface area (Å²) in [6, 6.07) is 13.2. The highest BCUT2D eigenvalue weighted by Gasteiger charge is 2.21. The van der Waals surface area contributed by atoms with Crippen molar-refractivity contribution < 1.29 is 13.2 Å². The van der Waals surface area contributed by atoms with E-state index in [1.54, 1.807) is 18.3 Å². The first-order valence-corrected chi connectivity index (χ1v) is 12.9. The molecule has 34 heavy (non-hydrogen) atoms. The highest BCUT2D eigenvalue weighted by Crippen LogP contribution is 2.25. The Morgan fingerprint density at radius 2 is 1.71 bits per heavy atom. The van der Waals surface area contributed by atoms with E-state index in [1.807, 2.05) is 26.8 Å². The quantitative estimate of drug-likeness (QED) is 0.380. The number of nitrogens with zero attached hydrogens (tertiary/aromatic N) is 3. The molecule has 0 radical (unpaired) electrons. The second-order valence-corrected chi connectivity index (χ2v) is 10.8. The topological polar surface area (TPSA) is 83.8 Å². The maximum absolute atomic E-state index is 12.5. The molecule has 0 aliphatic carbocycles. The standard InChI is InChI=1S/C25H29ClN4O3S/c1-16-9-17(2)11-23(10-16)30-19(4)12-21(20(30)5)14-27-28-25(31)15-29(34(6,32)33)22-8-7-18(3)24(26)13-22/h7-14H,15H2,1-6H3,(H,28,31)/b27-14-. The lowest BCUT2D eigenvalue weighted by Crippen LogP contribution is -2.39. The predicted molar refractivity (Wildman–Crippen MR) is 139 cm³/mol. The van der Waals surface area contributed by atoms with Gasteiger partial charge in [-0.2, -0.15) is 5.10 Å². The van der Waals surface area contributed by atoms with Crippen molar-refractivity contribution in [2.45, 2.75) is 34.6 Å². The van der Waals surface area contributed by atoms with Gasteiger partial charge < -0.3 is 4.57 Å². The van der Waals surface area contributed by atoms with E-state index in [1.165, 1.54) is 17.2 Å². The van der Waals surface area contributed by atoms with E-state index in [2.05, 4.69) is 47.1 Å². The van der Waals surface area contributed by atoms with Crippen LogP contribution in [-0.4, -0.2) is 37.9 Å². The highest BCUT2D eigenvalue weighted by molar-refractivity contribution is 7.92. The van der Waals surface area contributed by atoms with Gasteiger partial charge in [-0.25, -0.2) is 13.8 Å². The van der Waals surface area contributed by atoms with E-state index in [0.717, 1.165) is 38.8 Å². The SMILES string of the molecule is Cc1cc(C)cc(-n2c(C)cc(/C=N\NC(=O)CN(c3ccc(C)c(Cl)c3)S(C)(=O)=O)c2C)c1. The number of hydrogen-bond donors (Lipinski definition) is 1. The smallest absolute Gasteiger partial charge is 0.260 e. The summed E-state index contributed by atoms with van der Waals surface area (Å²) >= 11 is 6.14. The van der Waals surface area contributed by atoms with Crippen LogP contribution in [0.25, 0.3) is 5.69 Å². The number of benzene rings is 2. The van der Waals surface area contributed by atoms with Crippen LogP contribution in [0.3, 0.4) is 0 Å². The van der Waals surface area contributed by atoms with Crippen LogP contribution in [-0.2, 0) is 14.8 Å². The number of hydrazone groups is 1. The molecular formula is C25H29ClN4O3S. The summed E-state index contributed by atoms with van der Waals surface area (Å²) in [6.45, 7) is 9.52. The maximum Gasteiger partial charge on any atom is 0.260 e. The first kappa shape index (κ1) is 25.5. The Hall–Kier alpha value is -3.10. The third kappa shape index (κ3) is 5.87. The maximum atomic E-state index is 12.5. The Morgan fingerprint density at radius 1 is 1.06 bits per heavy atom. The summed E-state index contributed by atoms with van der Waals surface area (Å²) in [5.74, 6) is -0.568. The van der Waals surface area contributed by atoms with Gasteiger partial charge >= 0.3 is 0 Å². The largest absolute Gasteiger partial charge is 0.318 e. The van der Waals surface area contributed by atoms with Crippen LogP contribution in [0.5, 0.6) is 0 Å². The highest BCUT2D eigenvalue weighted by atomic mass is 35.5. The van der Waals surface area contributed by atoms with E-state index < -0.39 is 22.5 Å². The van der Waals surface area contributed by atoms with Crippen LogP contribution in [0, 0.1) is 34.6 Å². The van der Waals surface area contributed by atoms with Gasteiger partial charge in [-0.1, -0.05) is 23.7 Å². The minimum Gasteiger partial charge on any atom is -0.318 e. The van der Waals surface area contributed by atoms with Crippen molar-refractivity contribution in [3.8, 4) is 5.69 Å². The van der Waals surface area contributed by atoms with Crippen LogP contribution in [0.2, 0.25) is 5.02 Å². The lowest BCUT2D eigenvalue weighted by atomic mass is 10.1. The van der Waals surface area contributed by atoms with Gasteiger partial charge in [0, 0.05) is 27.7 Å². The fourth-order valence-electron chi connectivity index (χ4n) is 3.87. The number of carbonyl (C=O) groups excluding carboxylic acids is 1. The van der Waals surface area contributed by atoms with E-state index >= 15 is 0 Å². The zero-order chi connectivity index (χ0) is 25.2. The number of nitrogens with one attached hydrogen (secondary N) is 1. The Balaban J connectivity index is 1.77. The van der Waals surface area contributed by atoms with Gasteiger partial charge in [0.2, 0.25) is 10.0 Å². The molecule has 7 nitrogen and oxygen atoms in total. The molecule has 0 unspecified atom stereocenters. The molecule has 2 aromatic carbocycles. The summed E-state index contributed by atoms with van der Waals surface area (Å²) in [5.41, 5.74) is 9.84. The molecule has 180 valence electrons. The molecule has 0 atom stereocenters. The Morgan fingerprint density at radius 3 is 2.29 bits per heavy atom. The fourth-order valence-corrected chi connectivity index (χ4v) is 4.89. The van der Waals surface area contributed by atoms with E-state index in [0.29, 0.717) is 10.7 Å². The Labute approximate surface area is 206 Å². The first-order chi connectivity index (χ1) is 15.9. The number of aryl methyl sites for hydroxylation is 4. The van der Waals surface area contributed by atoms with E-state index in [9.17, 15) is 13.2 Å². The normalized spacial score (nSPS) is 11.7. The number of carbonyl (C=O) groups is 1. The van der Waals surface area contributed by atoms with Crippen molar-refractivity contribution in [3.05, 3.63) is 81.1 Å². The molecule has 0 fully saturated rings. The molecule has 1 aromatic heterocycles. The molecule has 3 aromatic rings. The molecule has 1 N–H and O–H groups in total. The Bertz CT molecular complexity index is 1360. The third-order valence-electron chi connectivity index (χ3n) is 5.46. The van der Waals surface area contributed by atoms with Crippen LogP contribution in [0.1, 0.15) is 33.6 Å². The average molecular weight is 501 g/mol. The molecule has 3 rings (SSSR count). The second kappa shape index (κ2) is 10.0. The lowest BCUT2D eigenvalue weighted by molar-refractivity contribution is -0.119. The number of anilines is 1. The molecule has 1 heterocycles. The molecular weight excluding hydrogens is 472 g/mol. The molecule has 0 spiro atoms. The zero-order valence-electron chi connectivity index (χ0n) is 20.2. The summed E-state index contributed by atoms with van der Waals surface area (Å²) in [6.07, 6.45) is 2.60. The molecule has 9 heteroatoms. The molecule has 0 aliphatic rings. The molecule has 0 bridgehead atoms. The fraction of sp³-hybridized carbons (Fsp3) is 0.280. The number of halogens is 1. The van der Waals surface area contributed by atoms with Gasteiger partial charge in [-0.15, -0.1) is 0 Å². The van der Waals surface area contributed by atoms with Gasteiger partial charge in [-0.05, 0) is 81.6 Å². The van der Waals surface area contributed by atoms with Crippen molar-refractivity contribution in [2.24, 2.45) is 5.10 Å². The van der Waals surface area contributed by atoms with Crippen LogP contribution in [0.4, 0.5) is 5.69 Å². The number of sulfonamides is 1. The molecule has 0 saturated heterocycles. The van der Waals surface area contributed by atoms with E-state index in [4.69, 9.17) is 11.6 Å². The van der Waals surface area contributed by atoms with Gasteiger partial charge in [0.1, 0.15) is 6.54 Å².